The Morgan fingerprint density at radius 1 is 1.43 bits per heavy atom. The van der Waals surface area contributed by atoms with Gasteiger partial charge < -0.3 is 10.4 Å². The van der Waals surface area contributed by atoms with Gasteiger partial charge in [-0.25, -0.2) is 8.78 Å². The fourth-order valence-electron chi connectivity index (χ4n) is 1.89. The number of nitro benzene ring substituents is 1. The number of anilines is 1. The van der Waals surface area contributed by atoms with Crippen molar-refractivity contribution in [3.8, 4) is 0 Å². The summed E-state index contributed by atoms with van der Waals surface area (Å²) < 4.78 is 26.2. The lowest BCUT2D eigenvalue weighted by atomic mass is 10.1. The van der Waals surface area contributed by atoms with Crippen LogP contribution in [-0.2, 0) is 0 Å². The molecule has 2 aromatic rings. The third kappa shape index (κ3) is 3.40. The van der Waals surface area contributed by atoms with Crippen LogP contribution in [0.5, 0.6) is 0 Å². The molecule has 6 nitrogen and oxygen atoms in total. The van der Waals surface area contributed by atoms with Gasteiger partial charge in [0.15, 0.2) is 0 Å². The average molecular weight is 297 g/mol. The van der Waals surface area contributed by atoms with Crippen LogP contribution >= 0.6 is 0 Å². The Morgan fingerprint density at radius 2 is 2.14 bits per heavy atom. The predicted molar refractivity (Wildman–Crippen MR) is 73.7 cm³/mol. The molecule has 0 atom stereocenters. The highest BCUT2D eigenvalue weighted by atomic mass is 19.3. The number of aliphatic hydroxyl groups excluding tert-OH is 1. The van der Waals surface area contributed by atoms with Gasteiger partial charge in [-0.3, -0.25) is 15.1 Å². The summed E-state index contributed by atoms with van der Waals surface area (Å²) in [5.41, 5.74) is 1.22. The third-order valence-electron chi connectivity index (χ3n) is 2.90. The Balaban J connectivity index is 2.45. The fraction of sp³-hybridized carbons (Fsp3) is 0.308. The number of halogens is 2. The van der Waals surface area contributed by atoms with E-state index in [1.807, 2.05) is 0 Å². The number of rotatable bonds is 5. The normalized spacial score (nSPS) is 11.6. The van der Waals surface area contributed by atoms with Crippen molar-refractivity contribution in [2.24, 2.45) is 0 Å². The van der Waals surface area contributed by atoms with Crippen LogP contribution in [0.4, 0.5) is 20.2 Å². The molecule has 0 aliphatic carbocycles. The van der Waals surface area contributed by atoms with E-state index < -0.39 is 24.0 Å². The number of aromatic nitrogens is 1. The number of aliphatic hydroxyl groups is 1. The second-order valence-electron chi connectivity index (χ2n) is 4.64. The van der Waals surface area contributed by atoms with Crippen molar-refractivity contribution in [1.29, 1.82) is 0 Å². The zero-order valence-corrected chi connectivity index (χ0v) is 11.1. The second kappa shape index (κ2) is 5.57. The van der Waals surface area contributed by atoms with Crippen LogP contribution < -0.4 is 5.32 Å². The van der Waals surface area contributed by atoms with E-state index in [-0.39, 0.29) is 5.69 Å². The third-order valence-corrected chi connectivity index (χ3v) is 2.90. The molecule has 2 N–H and O–H groups in total. The number of nitro groups is 1. The molecule has 8 heteroatoms. The van der Waals surface area contributed by atoms with Crippen molar-refractivity contribution in [2.75, 3.05) is 18.5 Å². The number of aryl methyl sites for hydroxylation is 1. The van der Waals surface area contributed by atoms with E-state index in [1.165, 1.54) is 24.3 Å². The maximum Gasteiger partial charge on any atom is 0.287 e. The summed E-state index contributed by atoms with van der Waals surface area (Å²) in [6, 6.07) is 5.58. The number of pyridine rings is 1. The standard InChI is InChI=1S/C13H13F2N3O3/c1-8-4-12(16-6-13(14,15)7-19)10-5-9(18(20)21)2-3-11(10)17-8/h2-5,19H,6-7H2,1H3,(H,16,17). The maximum absolute atomic E-state index is 13.1. The lowest BCUT2D eigenvalue weighted by molar-refractivity contribution is -0.384. The molecular weight excluding hydrogens is 284 g/mol. The second-order valence-corrected chi connectivity index (χ2v) is 4.64. The Bertz CT molecular complexity index is 692. The van der Waals surface area contributed by atoms with E-state index in [0.717, 1.165) is 0 Å². The van der Waals surface area contributed by atoms with Gasteiger partial charge in [-0.1, -0.05) is 0 Å². The molecule has 0 aliphatic heterocycles. The molecule has 0 spiro atoms. The highest BCUT2D eigenvalue weighted by Crippen LogP contribution is 2.28. The highest BCUT2D eigenvalue weighted by molar-refractivity contribution is 5.93. The minimum atomic E-state index is -3.27. The van der Waals surface area contributed by atoms with Crippen LogP contribution in [0.1, 0.15) is 5.69 Å². The zero-order chi connectivity index (χ0) is 15.6. The average Bonchev–Trinajstić information content (AvgIpc) is 2.44. The first-order chi connectivity index (χ1) is 9.82. The van der Waals surface area contributed by atoms with Gasteiger partial charge in [0.1, 0.15) is 6.61 Å². The quantitative estimate of drug-likeness (QED) is 0.654. The van der Waals surface area contributed by atoms with Gasteiger partial charge in [0.25, 0.3) is 11.6 Å². The Hall–Kier alpha value is -2.35. The molecule has 0 aliphatic rings. The summed E-state index contributed by atoms with van der Waals surface area (Å²) in [5, 5.41) is 22.3. The van der Waals surface area contributed by atoms with E-state index >= 15 is 0 Å². The summed E-state index contributed by atoms with van der Waals surface area (Å²) in [6.07, 6.45) is 0. The number of benzene rings is 1. The number of alkyl halides is 2. The van der Waals surface area contributed by atoms with E-state index in [2.05, 4.69) is 10.3 Å². The molecular formula is C13H13F2N3O3. The molecule has 0 bridgehead atoms. The van der Waals surface area contributed by atoms with Gasteiger partial charge in [-0.2, -0.15) is 0 Å². The fourth-order valence-corrected chi connectivity index (χ4v) is 1.89. The summed E-state index contributed by atoms with van der Waals surface area (Å²) in [5.74, 6) is -3.27. The number of non-ortho nitro benzene ring substituents is 1. The molecule has 1 aromatic heterocycles. The van der Waals surface area contributed by atoms with Crippen molar-refractivity contribution < 1.29 is 18.8 Å². The highest BCUT2D eigenvalue weighted by Gasteiger charge is 2.27. The van der Waals surface area contributed by atoms with Gasteiger partial charge in [0.2, 0.25) is 0 Å². The number of nitrogens with zero attached hydrogens (tertiary/aromatic N) is 2. The van der Waals surface area contributed by atoms with Crippen LogP contribution in [0.2, 0.25) is 0 Å². The molecule has 1 heterocycles. The monoisotopic (exact) mass is 297 g/mol. The molecule has 1 aromatic carbocycles. The molecule has 0 unspecified atom stereocenters. The van der Waals surface area contributed by atoms with Crippen molar-refractivity contribution in [3.63, 3.8) is 0 Å². The van der Waals surface area contributed by atoms with E-state index in [0.29, 0.717) is 22.3 Å². The van der Waals surface area contributed by atoms with E-state index in [1.54, 1.807) is 6.92 Å². The Morgan fingerprint density at radius 3 is 2.76 bits per heavy atom. The number of hydrogen-bond acceptors (Lipinski definition) is 5. The van der Waals surface area contributed by atoms with Crippen molar-refractivity contribution in [2.45, 2.75) is 12.8 Å². The number of nitrogens with one attached hydrogen (secondary N) is 1. The molecule has 0 saturated carbocycles. The van der Waals surface area contributed by atoms with E-state index in [4.69, 9.17) is 5.11 Å². The first kappa shape index (κ1) is 15.0. The van der Waals surface area contributed by atoms with Crippen LogP contribution in [-0.4, -0.2) is 34.1 Å². The molecule has 21 heavy (non-hydrogen) atoms. The molecule has 0 fully saturated rings. The molecule has 2 rings (SSSR count). The first-order valence-electron chi connectivity index (χ1n) is 6.11. The smallest absolute Gasteiger partial charge is 0.287 e. The zero-order valence-electron chi connectivity index (χ0n) is 11.1. The van der Waals surface area contributed by atoms with Crippen molar-refractivity contribution >= 4 is 22.3 Å². The van der Waals surface area contributed by atoms with Crippen LogP contribution in [0.25, 0.3) is 10.9 Å². The summed E-state index contributed by atoms with van der Waals surface area (Å²) in [6.45, 7) is -0.358. The summed E-state index contributed by atoms with van der Waals surface area (Å²) in [7, 11) is 0. The lowest BCUT2D eigenvalue weighted by Crippen LogP contribution is -2.31. The molecule has 0 saturated heterocycles. The molecule has 112 valence electrons. The summed E-state index contributed by atoms with van der Waals surface area (Å²) >= 11 is 0. The number of fused-ring (bicyclic) bond motifs is 1. The first-order valence-corrected chi connectivity index (χ1v) is 6.11. The minimum Gasteiger partial charge on any atom is -0.390 e. The van der Waals surface area contributed by atoms with E-state index in [9.17, 15) is 18.9 Å². The Labute approximate surface area is 118 Å². The predicted octanol–water partition coefficient (Wildman–Crippen LogP) is 2.49. The van der Waals surface area contributed by atoms with Gasteiger partial charge in [0.05, 0.1) is 17.0 Å². The Kier molecular flexibility index (Phi) is 3.99. The lowest BCUT2D eigenvalue weighted by Gasteiger charge is -2.16. The topological polar surface area (TPSA) is 88.3 Å². The van der Waals surface area contributed by atoms with Crippen LogP contribution in [0, 0.1) is 17.0 Å². The van der Waals surface area contributed by atoms with Crippen molar-refractivity contribution in [1.82, 2.24) is 4.98 Å². The SMILES string of the molecule is Cc1cc(NCC(F)(F)CO)c2cc([N+](=O)[O-])ccc2n1. The molecule has 0 amide bonds. The largest absolute Gasteiger partial charge is 0.390 e. The maximum atomic E-state index is 13.1. The number of hydrogen-bond donors (Lipinski definition) is 2. The van der Waals surface area contributed by atoms with Gasteiger partial charge in [-0.05, 0) is 19.1 Å². The van der Waals surface area contributed by atoms with Gasteiger partial charge in [0, 0.05) is 28.9 Å². The van der Waals surface area contributed by atoms with Crippen molar-refractivity contribution in [3.05, 3.63) is 40.1 Å². The minimum absolute atomic E-state index is 0.148. The van der Waals surface area contributed by atoms with Gasteiger partial charge >= 0.3 is 0 Å². The molecule has 0 radical (unpaired) electrons. The van der Waals surface area contributed by atoms with Crippen LogP contribution in [0.15, 0.2) is 24.3 Å². The van der Waals surface area contributed by atoms with Crippen LogP contribution in [0.3, 0.4) is 0 Å². The van der Waals surface area contributed by atoms with Gasteiger partial charge in [-0.15, -0.1) is 0 Å². The summed E-state index contributed by atoms with van der Waals surface area (Å²) in [4.78, 5) is 14.4.